The molecule has 2 rings (SSSR count). The number of benzene rings is 1. The highest BCUT2D eigenvalue weighted by Gasteiger charge is 2.25. The summed E-state index contributed by atoms with van der Waals surface area (Å²) in [7, 11) is 0. The molecule has 1 aliphatic rings. The minimum absolute atomic E-state index is 0.446. The molecular weight excluding hydrogens is 252 g/mol. The van der Waals surface area contributed by atoms with Gasteiger partial charge in [0.25, 0.3) is 0 Å². The van der Waals surface area contributed by atoms with E-state index in [4.69, 9.17) is 5.73 Å². The second-order valence-corrected chi connectivity index (χ2v) is 5.30. The van der Waals surface area contributed by atoms with Crippen LogP contribution < -0.4 is 11.1 Å². The SMILES string of the molecule is Cc1ccc(NCC2CC(N)C2)cc1Br. The first-order valence-electron chi connectivity index (χ1n) is 5.41. The lowest BCUT2D eigenvalue weighted by atomic mass is 9.81. The summed E-state index contributed by atoms with van der Waals surface area (Å²) in [5, 5.41) is 3.45. The van der Waals surface area contributed by atoms with Crippen LogP contribution in [0, 0.1) is 12.8 Å². The van der Waals surface area contributed by atoms with Crippen LogP contribution in [0.1, 0.15) is 18.4 Å². The molecule has 15 heavy (non-hydrogen) atoms. The van der Waals surface area contributed by atoms with E-state index in [9.17, 15) is 0 Å². The topological polar surface area (TPSA) is 38.0 Å². The Balaban J connectivity index is 1.86. The zero-order valence-corrected chi connectivity index (χ0v) is 10.5. The van der Waals surface area contributed by atoms with Crippen molar-refractivity contribution in [3.8, 4) is 0 Å². The van der Waals surface area contributed by atoms with Crippen molar-refractivity contribution >= 4 is 21.6 Å². The first-order valence-corrected chi connectivity index (χ1v) is 6.20. The van der Waals surface area contributed by atoms with Gasteiger partial charge in [0.2, 0.25) is 0 Å². The Bertz CT molecular complexity index is 345. The molecule has 1 aliphatic carbocycles. The van der Waals surface area contributed by atoms with Gasteiger partial charge in [-0.25, -0.2) is 0 Å². The first kappa shape index (κ1) is 11.0. The van der Waals surface area contributed by atoms with Gasteiger partial charge in [0.15, 0.2) is 0 Å². The molecule has 1 aromatic rings. The van der Waals surface area contributed by atoms with E-state index in [0.717, 1.165) is 16.9 Å². The van der Waals surface area contributed by atoms with Crippen molar-refractivity contribution in [3.63, 3.8) is 0 Å². The Morgan fingerprint density at radius 1 is 1.47 bits per heavy atom. The molecular formula is C12H17BrN2. The third kappa shape index (κ3) is 2.73. The molecule has 0 unspecified atom stereocenters. The minimum atomic E-state index is 0.446. The number of hydrogen-bond donors (Lipinski definition) is 2. The molecule has 82 valence electrons. The highest BCUT2D eigenvalue weighted by molar-refractivity contribution is 9.10. The van der Waals surface area contributed by atoms with Crippen LogP contribution in [-0.4, -0.2) is 12.6 Å². The fourth-order valence-electron chi connectivity index (χ4n) is 1.92. The van der Waals surface area contributed by atoms with E-state index in [1.54, 1.807) is 0 Å². The van der Waals surface area contributed by atoms with Gasteiger partial charge in [-0.05, 0) is 43.4 Å². The largest absolute Gasteiger partial charge is 0.385 e. The lowest BCUT2D eigenvalue weighted by molar-refractivity contribution is 0.280. The van der Waals surface area contributed by atoms with Crippen LogP contribution in [0.2, 0.25) is 0 Å². The lowest BCUT2D eigenvalue weighted by Crippen LogP contribution is -2.39. The molecule has 0 spiro atoms. The molecule has 3 heteroatoms. The van der Waals surface area contributed by atoms with Gasteiger partial charge in [-0.3, -0.25) is 0 Å². The van der Waals surface area contributed by atoms with E-state index in [-0.39, 0.29) is 0 Å². The molecule has 0 saturated heterocycles. The quantitative estimate of drug-likeness (QED) is 0.885. The Morgan fingerprint density at radius 2 is 2.20 bits per heavy atom. The van der Waals surface area contributed by atoms with Crippen molar-refractivity contribution in [1.29, 1.82) is 0 Å². The van der Waals surface area contributed by atoms with Crippen molar-refractivity contribution in [2.24, 2.45) is 11.7 Å². The molecule has 1 saturated carbocycles. The highest BCUT2D eigenvalue weighted by Crippen LogP contribution is 2.26. The van der Waals surface area contributed by atoms with Crippen LogP contribution in [0.25, 0.3) is 0 Å². The Labute approximate surface area is 99.4 Å². The molecule has 0 bridgehead atoms. The zero-order valence-electron chi connectivity index (χ0n) is 8.96. The third-order valence-electron chi connectivity index (χ3n) is 3.04. The summed E-state index contributed by atoms with van der Waals surface area (Å²) in [5.74, 6) is 0.764. The molecule has 0 heterocycles. The number of nitrogens with two attached hydrogens (primary N) is 1. The fourth-order valence-corrected chi connectivity index (χ4v) is 2.30. The molecule has 0 aromatic heterocycles. The zero-order chi connectivity index (χ0) is 10.8. The second kappa shape index (κ2) is 4.54. The summed E-state index contributed by atoms with van der Waals surface area (Å²) in [6, 6.07) is 6.83. The Morgan fingerprint density at radius 3 is 2.80 bits per heavy atom. The van der Waals surface area contributed by atoms with Crippen molar-refractivity contribution in [2.45, 2.75) is 25.8 Å². The van der Waals surface area contributed by atoms with E-state index in [1.807, 2.05) is 0 Å². The summed E-state index contributed by atoms with van der Waals surface area (Å²) in [5.41, 5.74) is 8.20. The van der Waals surface area contributed by atoms with Crippen molar-refractivity contribution < 1.29 is 0 Å². The molecule has 0 aliphatic heterocycles. The van der Waals surface area contributed by atoms with Gasteiger partial charge in [0.05, 0.1) is 0 Å². The van der Waals surface area contributed by atoms with Crippen LogP contribution in [0.4, 0.5) is 5.69 Å². The normalized spacial score (nSPS) is 24.7. The maximum atomic E-state index is 5.75. The van der Waals surface area contributed by atoms with Gasteiger partial charge >= 0.3 is 0 Å². The van der Waals surface area contributed by atoms with E-state index in [0.29, 0.717) is 6.04 Å². The number of rotatable bonds is 3. The molecule has 0 amide bonds. The second-order valence-electron chi connectivity index (χ2n) is 4.44. The predicted molar refractivity (Wildman–Crippen MR) is 68.1 cm³/mol. The Hall–Kier alpha value is -0.540. The number of halogens is 1. The Kier molecular flexibility index (Phi) is 3.32. The summed E-state index contributed by atoms with van der Waals surface area (Å²) >= 11 is 3.53. The van der Waals surface area contributed by atoms with Gasteiger partial charge in [-0.15, -0.1) is 0 Å². The van der Waals surface area contributed by atoms with Crippen LogP contribution in [0.5, 0.6) is 0 Å². The van der Waals surface area contributed by atoms with Gasteiger partial charge in [0, 0.05) is 22.7 Å². The van der Waals surface area contributed by atoms with E-state index in [2.05, 4.69) is 46.4 Å². The summed E-state index contributed by atoms with van der Waals surface area (Å²) in [4.78, 5) is 0. The van der Waals surface area contributed by atoms with Gasteiger partial charge in [-0.1, -0.05) is 22.0 Å². The number of hydrogen-bond acceptors (Lipinski definition) is 2. The summed E-state index contributed by atoms with van der Waals surface area (Å²) < 4.78 is 1.16. The summed E-state index contributed by atoms with van der Waals surface area (Å²) in [6.45, 7) is 3.14. The van der Waals surface area contributed by atoms with Crippen molar-refractivity contribution in [2.75, 3.05) is 11.9 Å². The van der Waals surface area contributed by atoms with Crippen molar-refractivity contribution in [3.05, 3.63) is 28.2 Å². The number of aryl methyl sites for hydroxylation is 1. The molecule has 1 fully saturated rings. The van der Waals surface area contributed by atoms with Gasteiger partial charge in [-0.2, -0.15) is 0 Å². The molecule has 2 nitrogen and oxygen atoms in total. The molecule has 0 radical (unpaired) electrons. The van der Waals surface area contributed by atoms with Gasteiger partial charge < -0.3 is 11.1 Å². The van der Waals surface area contributed by atoms with Crippen LogP contribution in [-0.2, 0) is 0 Å². The predicted octanol–water partition coefficient (Wildman–Crippen LogP) is 2.91. The number of anilines is 1. The van der Waals surface area contributed by atoms with Crippen molar-refractivity contribution in [1.82, 2.24) is 0 Å². The van der Waals surface area contributed by atoms with Crippen LogP contribution in [0.3, 0.4) is 0 Å². The average Bonchev–Trinajstić information content (AvgIpc) is 2.16. The lowest BCUT2D eigenvalue weighted by Gasteiger charge is -2.32. The fraction of sp³-hybridized carbons (Fsp3) is 0.500. The summed E-state index contributed by atoms with van der Waals surface area (Å²) in [6.07, 6.45) is 2.33. The van der Waals surface area contributed by atoms with E-state index >= 15 is 0 Å². The maximum absolute atomic E-state index is 5.75. The standard InChI is InChI=1S/C12H17BrN2/c1-8-2-3-11(6-12(8)13)15-7-9-4-10(14)5-9/h2-3,6,9-10,15H,4-5,7,14H2,1H3. The molecule has 3 N–H and O–H groups in total. The van der Waals surface area contributed by atoms with Gasteiger partial charge in [0.1, 0.15) is 0 Å². The van der Waals surface area contributed by atoms with E-state index in [1.165, 1.54) is 24.1 Å². The van der Waals surface area contributed by atoms with Crippen LogP contribution in [0.15, 0.2) is 22.7 Å². The minimum Gasteiger partial charge on any atom is -0.385 e. The van der Waals surface area contributed by atoms with Crippen LogP contribution >= 0.6 is 15.9 Å². The first-order chi connectivity index (χ1) is 7.15. The monoisotopic (exact) mass is 268 g/mol. The average molecular weight is 269 g/mol. The third-order valence-corrected chi connectivity index (χ3v) is 3.89. The maximum Gasteiger partial charge on any atom is 0.0351 e. The van der Waals surface area contributed by atoms with E-state index < -0.39 is 0 Å². The highest BCUT2D eigenvalue weighted by atomic mass is 79.9. The smallest absolute Gasteiger partial charge is 0.0351 e. The molecule has 1 aromatic carbocycles. The molecule has 0 atom stereocenters. The number of nitrogens with one attached hydrogen (secondary N) is 1.